The predicted molar refractivity (Wildman–Crippen MR) is 146 cm³/mol. The van der Waals surface area contributed by atoms with Crippen LogP contribution in [0.5, 0.6) is 0 Å². The van der Waals surface area contributed by atoms with Crippen molar-refractivity contribution in [2.45, 2.75) is 38.9 Å². The van der Waals surface area contributed by atoms with E-state index in [1.807, 2.05) is 24.3 Å². The van der Waals surface area contributed by atoms with Crippen LogP contribution in [-0.2, 0) is 4.43 Å². The van der Waals surface area contributed by atoms with Gasteiger partial charge in [-0.15, -0.1) is 0 Å². The number of rotatable bonds is 7. The molecule has 0 saturated carbocycles. The van der Waals surface area contributed by atoms with Crippen LogP contribution in [0.25, 0.3) is 11.4 Å². The molecule has 1 aromatic carbocycles. The van der Waals surface area contributed by atoms with Crippen LogP contribution in [-0.4, -0.2) is 42.1 Å². The number of nitrogens with zero attached hydrogens (tertiary/aromatic N) is 5. The van der Waals surface area contributed by atoms with E-state index in [9.17, 15) is 0 Å². The van der Waals surface area contributed by atoms with E-state index in [4.69, 9.17) is 9.42 Å². The minimum absolute atomic E-state index is 0.186. The number of aliphatic imine (C=N–C) groups is 1. The molecule has 0 atom stereocenters. The standard InChI is InChI=1S/C28H33N5OSi/c1-28(2,3)35(4,5)34-19-6-8-24-20-33(21-26(32-24)22-13-17-29-18-14-22)25-11-9-23(10-12-25)27-30-15-7-16-31-27/h6-18,20H,19,21H2,1-5H3/b8-6+. The Kier molecular flexibility index (Phi) is 7.38. The van der Waals surface area contributed by atoms with Crippen molar-refractivity contribution in [1.82, 2.24) is 15.0 Å². The van der Waals surface area contributed by atoms with E-state index in [0.29, 0.717) is 13.2 Å². The van der Waals surface area contributed by atoms with Gasteiger partial charge in [0.2, 0.25) is 0 Å². The lowest BCUT2D eigenvalue weighted by Gasteiger charge is -2.35. The van der Waals surface area contributed by atoms with Crippen LogP contribution < -0.4 is 4.90 Å². The third-order valence-electron chi connectivity index (χ3n) is 6.54. The first-order valence-corrected chi connectivity index (χ1v) is 14.8. The van der Waals surface area contributed by atoms with Gasteiger partial charge in [-0.2, -0.15) is 0 Å². The fraction of sp³-hybridized carbons (Fsp3) is 0.286. The van der Waals surface area contributed by atoms with Gasteiger partial charge in [0.25, 0.3) is 0 Å². The van der Waals surface area contributed by atoms with Gasteiger partial charge in [0.05, 0.1) is 24.6 Å². The molecule has 0 amide bonds. The third-order valence-corrected chi connectivity index (χ3v) is 11.0. The predicted octanol–water partition coefficient (Wildman–Crippen LogP) is 6.27. The van der Waals surface area contributed by atoms with E-state index >= 15 is 0 Å². The van der Waals surface area contributed by atoms with Gasteiger partial charge in [-0.25, -0.2) is 15.0 Å². The summed E-state index contributed by atoms with van der Waals surface area (Å²) >= 11 is 0. The van der Waals surface area contributed by atoms with Gasteiger partial charge < -0.3 is 9.33 Å². The molecule has 180 valence electrons. The summed E-state index contributed by atoms with van der Waals surface area (Å²) in [5.41, 5.74) is 5.01. The minimum atomic E-state index is -1.79. The lowest BCUT2D eigenvalue weighted by atomic mass is 10.1. The second-order valence-electron chi connectivity index (χ2n) is 10.1. The first-order chi connectivity index (χ1) is 16.7. The third kappa shape index (κ3) is 6.18. The smallest absolute Gasteiger partial charge is 0.192 e. The van der Waals surface area contributed by atoms with E-state index in [0.717, 1.165) is 34.0 Å². The van der Waals surface area contributed by atoms with E-state index < -0.39 is 8.32 Å². The van der Waals surface area contributed by atoms with Crippen LogP contribution in [0.1, 0.15) is 26.3 Å². The highest BCUT2D eigenvalue weighted by Crippen LogP contribution is 2.36. The molecule has 3 aromatic rings. The van der Waals surface area contributed by atoms with Crippen molar-refractivity contribution in [1.29, 1.82) is 0 Å². The Labute approximate surface area is 209 Å². The van der Waals surface area contributed by atoms with Crippen molar-refractivity contribution in [2.75, 3.05) is 18.1 Å². The number of hydrogen-bond donors (Lipinski definition) is 0. The lowest BCUT2D eigenvalue weighted by Crippen LogP contribution is -2.40. The number of aromatic nitrogens is 3. The molecule has 35 heavy (non-hydrogen) atoms. The number of benzene rings is 1. The zero-order valence-corrected chi connectivity index (χ0v) is 22.1. The number of anilines is 1. The topological polar surface area (TPSA) is 63.5 Å². The van der Waals surface area contributed by atoms with Crippen LogP contribution in [0.3, 0.4) is 0 Å². The molecule has 4 rings (SSSR count). The molecule has 0 spiro atoms. The molecule has 0 N–H and O–H groups in total. The zero-order valence-electron chi connectivity index (χ0n) is 21.1. The van der Waals surface area contributed by atoms with Crippen LogP contribution in [0.15, 0.2) is 96.3 Å². The Morgan fingerprint density at radius 1 is 0.943 bits per heavy atom. The maximum Gasteiger partial charge on any atom is 0.192 e. The first-order valence-electron chi connectivity index (χ1n) is 11.9. The van der Waals surface area contributed by atoms with Crippen molar-refractivity contribution in [3.8, 4) is 11.4 Å². The van der Waals surface area contributed by atoms with Crippen molar-refractivity contribution in [3.05, 3.63) is 96.9 Å². The summed E-state index contributed by atoms with van der Waals surface area (Å²) in [6.45, 7) is 12.6. The van der Waals surface area contributed by atoms with Crippen LogP contribution in [0, 0.1) is 0 Å². The Morgan fingerprint density at radius 3 is 2.29 bits per heavy atom. The molecule has 2 aromatic heterocycles. The summed E-state index contributed by atoms with van der Waals surface area (Å²) in [7, 11) is -1.79. The summed E-state index contributed by atoms with van der Waals surface area (Å²) in [5.74, 6) is 0.720. The maximum atomic E-state index is 6.31. The van der Waals surface area contributed by atoms with Gasteiger partial charge in [-0.05, 0) is 66.7 Å². The van der Waals surface area contributed by atoms with Crippen LogP contribution in [0.2, 0.25) is 18.1 Å². The van der Waals surface area contributed by atoms with Crippen molar-refractivity contribution in [2.24, 2.45) is 4.99 Å². The van der Waals surface area contributed by atoms with E-state index in [1.54, 1.807) is 24.8 Å². The highest BCUT2D eigenvalue weighted by Gasteiger charge is 2.36. The number of allylic oxidation sites excluding steroid dienone is 1. The van der Waals surface area contributed by atoms with Crippen LogP contribution >= 0.6 is 0 Å². The molecule has 0 unspecified atom stereocenters. The average Bonchev–Trinajstić information content (AvgIpc) is 2.87. The maximum absolute atomic E-state index is 6.31. The molecule has 1 aliphatic heterocycles. The summed E-state index contributed by atoms with van der Waals surface area (Å²) in [6.07, 6.45) is 13.3. The van der Waals surface area contributed by atoms with Gasteiger partial charge in [-0.3, -0.25) is 4.98 Å². The molecule has 3 heterocycles. The Balaban J connectivity index is 1.56. The Bertz CT molecular complexity index is 1210. The lowest BCUT2D eigenvalue weighted by molar-refractivity contribution is 0.328. The van der Waals surface area contributed by atoms with Gasteiger partial charge in [-0.1, -0.05) is 26.8 Å². The van der Waals surface area contributed by atoms with E-state index in [-0.39, 0.29) is 5.04 Å². The zero-order chi connectivity index (χ0) is 24.9. The summed E-state index contributed by atoms with van der Waals surface area (Å²) in [6, 6.07) is 14.1. The number of hydrogen-bond acceptors (Lipinski definition) is 6. The van der Waals surface area contributed by atoms with Crippen molar-refractivity contribution in [3.63, 3.8) is 0 Å². The fourth-order valence-electron chi connectivity index (χ4n) is 3.42. The van der Waals surface area contributed by atoms with Crippen molar-refractivity contribution >= 4 is 19.7 Å². The van der Waals surface area contributed by atoms with Gasteiger partial charge in [0.15, 0.2) is 14.1 Å². The van der Waals surface area contributed by atoms with Gasteiger partial charge in [0, 0.05) is 47.8 Å². The number of pyridine rings is 1. The molecule has 0 radical (unpaired) electrons. The Morgan fingerprint density at radius 2 is 1.63 bits per heavy atom. The van der Waals surface area contributed by atoms with Gasteiger partial charge in [0.1, 0.15) is 0 Å². The highest BCUT2D eigenvalue weighted by atomic mass is 28.4. The monoisotopic (exact) mass is 483 g/mol. The van der Waals surface area contributed by atoms with Gasteiger partial charge >= 0.3 is 0 Å². The largest absolute Gasteiger partial charge is 0.413 e. The van der Waals surface area contributed by atoms with Crippen LogP contribution in [0.4, 0.5) is 5.69 Å². The van der Waals surface area contributed by atoms with Crippen molar-refractivity contribution < 1.29 is 4.43 Å². The molecule has 0 aliphatic carbocycles. The van der Waals surface area contributed by atoms with E-state index in [2.05, 4.69) is 90.3 Å². The fourth-order valence-corrected chi connectivity index (χ4v) is 4.37. The molecular weight excluding hydrogens is 450 g/mol. The second kappa shape index (κ2) is 10.5. The SMILES string of the molecule is CC(C)(C)[Si](C)(C)OC/C=C/C1=CN(c2ccc(-c3ncccn3)cc2)CC(c2ccncc2)=N1. The quantitative estimate of drug-likeness (QED) is 0.371. The molecular formula is C28H33N5OSi. The Hall–Kier alpha value is -3.42. The molecule has 7 heteroatoms. The normalized spacial score (nSPS) is 14.7. The van der Waals surface area contributed by atoms with E-state index in [1.165, 1.54) is 0 Å². The molecule has 0 fully saturated rings. The summed E-state index contributed by atoms with van der Waals surface area (Å²) in [5, 5.41) is 0.186. The summed E-state index contributed by atoms with van der Waals surface area (Å²) < 4.78 is 6.31. The highest BCUT2D eigenvalue weighted by molar-refractivity contribution is 6.74. The molecule has 0 saturated heterocycles. The molecule has 1 aliphatic rings. The molecule has 6 nitrogen and oxygen atoms in total. The molecule has 0 bridgehead atoms. The average molecular weight is 484 g/mol. The summed E-state index contributed by atoms with van der Waals surface area (Å²) in [4.78, 5) is 20.0. The second-order valence-corrected chi connectivity index (χ2v) is 14.9. The first kappa shape index (κ1) is 24.7. The minimum Gasteiger partial charge on any atom is -0.413 e.